The number of hydrogen-bond donors (Lipinski definition) is 0. The van der Waals surface area contributed by atoms with Gasteiger partial charge in [-0.15, -0.1) is 0 Å². The number of aromatic nitrogens is 3. The van der Waals surface area contributed by atoms with Crippen LogP contribution < -0.4 is 0 Å². The van der Waals surface area contributed by atoms with E-state index < -0.39 is 0 Å². The van der Waals surface area contributed by atoms with E-state index in [0.29, 0.717) is 12.8 Å². The lowest BCUT2D eigenvalue weighted by molar-refractivity contribution is -0.133. The van der Waals surface area contributed by atoms with Crippen LogP contribution in [0, 0.1) is 0 Å². The Morgan fingerprint density at radius 1 is 0.844 bits per heavy atom. The molecular formula is C26H27N5O. The molecule has 1 saturated heterocycles. The van der Waals surface area contributed by atoms with Gasteiger partial charge in [-0.1, -0.05) is 30.3 Å². The van der Waals surface area contributed by atoms with Gasteiger partial charge >= 0.3 is 0 Å². The highest BCUT2D eigenvalue weighted by molar-refractivity contribution is 5.79. The molecule has 1 aliphatic heterocycles. The van der Waals surface area contributed by atoms with E-state index in [0.717, 1.165) is 55.3 Å². The minimum absolute atomic E-state index is 0.209. The summed E-state index contributed by atoms with van der Waals surface area (Å²) in [5.41, 5.74) is 4.38. The highest BCUT2D eigenvalue weighted by Crippen LogP contribution is 2.22. The number of carbonyl (C=O) groups is 1. The van der Waals surface area contributed by atoms with Crippen LogP contribution in [0.2, 0.25) is 0 Å². The van der Waals surface area contributed by atoms with E-state index in [2.05, 4.69) is 44.8 Å². The second-order valence-corrected chi connectivity index (χ2v) is 8.20. The van der Waals surface area contributed by atoms with Crippen molar-refractivity contribution in [2.45, 2.75) is 19.4 Å². The van der Waals surface area contributed by atoms with Gasteiger partial charge in [-0.05, 0) is 42.0 Å². The quantitative estimate of drug-likeness (QED) is 0.473. The smallest absolute Gasteiger partial charge is 0.223 e. The van der Waals surface area contributed by atoms with Crippen molar-refractivity contribution in [3.8, 4) is 5.69 Å². The van der Waals surface area contributed by atoms with E-state index in [1.807, 2.05) is 53.7 Å². The maximum atomic E-state index is 13.0. The molecule has 0 radical (unpaired) electrons. The van der Waals surface area contributed by atoms with Gasteiger partial charge in [-0.25, -0.2) is 4.98 Å². The lowest BCUT2D eigenvalue weighted by Crippen LogP contribution is -2.48. The van der Waals surface area contributed by atoms with Gasteiger partial charge in [-0.3, -0.25) is 19.2 Å². The molecule has 0 bridgehead atoms. The van der Waals surface area contributed by atoms with E-state index in [-0.39, 0.29) is 5.91 Å². The Morgan fingerprint density at radius 3 is 2.34 bits per heavy atom. The zero-order valence-electron chi connectivity index (χ0n) is 18.1. The number of imidazole rings is 1. The average Bonchev–Trinajstić information content (AvgIpc) is 3.22. The number of carbonyl (C=O) groups excluding carboxylic acids is 1. The van der Waals surface area contributed by atoms with Crippen molar-refractivity contribution in [1.29, 1.82) is 0 Å². The summed E-state index contributed by atoms with van der Waals surface area (Å²) in [7, 11) is 0. The fourth-order valence-electron chi connectivity index (χ4n) is 4.39. The molecule has 6 heteroatoms. The van der Waals surface area contributed by atoms with Crippen LogP contribution in [-0.4, -0.2) is 56.4 Å². The molecule has 4 aromatic rings. The topological polar surface area (TPSA) is 54.3 Å². The standard InChI is InChI=1S/C26H27N5O/c32-26(30-18-16-29(17-19-30)20-21-12-14-27-15-13-21)11-10-25-28-23-8-4-5-9-24(23)31(25)22-6-2-1-3-7-22/h1-9,12-15H,10-11,16-20H2. The Labute approximate surface area is 188 Å². The first-order valence-corrected chi connectivity index (χ1v) is 11.2. The Bertz CT molecular complexity index is 1180. The van der Waals surface area contributed by atoms with Crippen LogP contribution in [-0.2, 0) is 17.8 Å². The van der Waals surface area contributed by atoms with Gasteiger partial charge in [0.15, 0.2) is 0 Å². The van der Waals surface area contributed by atoms with Crippen LogP contribution in [0.5, 0.6) is 0 Å². The molecule has 0 aliphatic carbocycles. The molecule has 5 rings (SSSR count). The van der Waals surface area contributed by atoms with Crippen molar-refractivity contribution in [2.24, 2.45) is 0 Å². The predicted molar refractivity (Wildman–Crippen MR) is 125 cm³/mol. The zero-order chi connectivity index (χ0) is 21.8. The molecule has 0 unspecified atom stereocenters. The summed E-state index contributed by atoms with van der Waals surface area (Å²) in [6.45, 7) is 4.26. The van der Waals surface area contributed by atoms with Gasteiger partial charge in [0.05, 0.1) is 11.0 Å². The highest BCUT2D eigenvalue weighted by atomic mass is 16.2. The van der Waals surface area contributed by atoms with Gasteiger partial charge in [0.2, 0.25) is 5.91 Å². The molecule has 1 fully saturated rings. The molecule has 0 spiro atoms. The first kappa shape index (κ1) is 20.4. The van der Waals surface area contributed by atoms with Crippen LogP contribution in [0.15, 0.2) is 79.1 Å². The number of benzene rings is 2. The summed E-state index contributed by atoms with van der Waals surface area (Å²) in [5.74, 6) is 1.14. The van der Waals surface area contributed by atoms with Gasteiger partial charge in [0.1, 0.15) is 5.82 Å². The van der Waals surface area contributed by atoms with Crippen LogP contribution in [0.3, 0.4) is 0 Å². The molecule has 162 valence electrons. The minimum atomic E-state index is 0.209. The van der Waals surface area contributed by atoms with Gasteiger partial charge in [-0.2, -0.15) is 0 Å². The maximum absolute atomic E-state index is 13.0. The number of nitrogens with zero attached hydrogens (tertiary/aromatic N) is 5. The van der Waals surface area contributed by atoms with Gasteiger partial charge in [0, 0.05) is 63.6 Å². The van der Waals surface area contributed by atoms with Crippen molar-refractivity contribution in [3.05, 3.63) is 90.5 Å². The second-order valence-electron chi connectivity index (χ2n) is 8.20. The molecule has 0 N–H and O–H groups in total. The first-order chi connectivity index (χ1) is 15.8. The van der Waals surface area contributed by atoms with Crippen LogP contribution in [0.1, 0.15) is 17.8 Å². The molecular weight excluding hydrogens is 398 g/mol. The molecule has 3 heterocycles. The number of fused-ring (bicyclic) bond motifs is 1. The van der Waals surface area contributed by atoms with Crippen molar-refractivity contribution < 1.29 is 4.79 Å². The number of piperazine rings is 1. The second kappa shape index (κ2) is 9.32. The van der Waals surface area contributed by atoms with E-state index in [1.165, 1.54) is 5.56 Å². The van der Waals surface area contributed by atoms with Crippen LogP contribution in [0.25, 0.3) is 16.7 Å². The third-order valence-corrected chi connectivity index (χ3v) is 6.09. The summed E-state index contributed by atoms with van der Waals surface area (Å²) < 4.78 is 2.18. The molecule has 0 atom stereocenters. The average molecular weight is 426 g/mol. The molecule has 2 aromatic carbocycles. The summed E-state index contributed by atoms with van der Waals surface area (Å²) in [4.78, 5) is 26.3. The van der Waals surface area contributed by atoms with Crippen molar-refractivity contribution in [2.75, 3.05) is 26.2 Å². The lowest BCUT2D eigenvalue weighted by atomic mass is 10.2. The summed E-state index contributed by atoms with van der Waals surface area (Å²) in [5, 5.41) is 0. The predicted octanol–water partition coefficient (Wildman–Crippen LogP) is 3.70. The lowest BCUT2D eigenvalue weighted by Gasteiger charge is -2.34. The Kier molecular flexibility index (Phi) is 5.94. The maximum Gasteiger partial charge on any atom is 0.223 e. The molecule has 1 amide bonds. The van der Waals surface area contributed by atoms with Gasteiger partial charge < -0.3 is 4.90 Å². The number of amides is 1. The zero-order valence-corrected chi connectivity index (χ0v) is 18.1. The van der Waals surface area contributed by atoms with Gasteiger partial charge in [0.25, 0.3) is 0 Å². The first-order valence-electron chi connectivity index (χ1n) is 11.2. The fourth-order valence-corrected chi connectivity index (χ4v) is 4.39. The summed E-state index contributed by atoms with van der Waals surface area (Å²) in [6, 6.07) is 22.5. The summed E-state index contributed by atoms with van der Waals surface area (Å²) >= 11 is 0. The fraction of sp³-hybridized carbons (Fsp3) is 0.269. The van der Waals surface area contributed by atoms with E-state index >= 15 is 0 Å². The number of rotatable bonds is 6. The number of para-hydroxylation sites is 3. The Balaban J connectivity index is 1.23. The van der Waals surface area contributed by atoms with Crippen LogP contribution >= 0.6 is 0 Å². The minimum Gasteiger partial charge on any atom is -0.340 e. The molecule has 0 saturated carbocycles. The summed E-state index contributed by atoms with van der Waals surface area (Å²) in [6.07, 6.45) is 4.76. The van der Waals surface area contributed by atoms with Crippen LogP contribution in [0.4, 0.5) is 0 Å². The SMILES string of the molecule is O=C(CCc1nc2ccccc2n1-c1ccccc1)N1CCN(Cc2ccncc2)CC1. The third-order valence-electron chi connectivity index (χ3n) is 6.09. The number of hydrogen-bond acceptors (Lipinski definition) is 4. The monoisotopic (exact) mass is 425 g/mol. The number of pyridine rings is 1. The highest BCUT2D eigenvalue weighted by Gasteiger charge is 2.22. The normalized spacial score (nSPS) is 14.7. The van der Waals surface area contributed by atoms with E-state index in [9.17, 15) is 4.79 Å². The Hall–Kier alpha value is -3.51. The molecule has 6 nitrogen and oxygen atoms in total. The van der Waals surface area contributed by atoms with Crippen molar-refractivity contribution in [3.63, 3.8) is 0 Å². The number of aryl methyl sites for hydroxylation is 1. The molecule has 32 heavy (non-hydrogen) atoms. The van der Waals surface area contributed by atoms with Crippen molar-refractivity contribution >= 4 is 16.9 Å². The Morgan fingerprint density at radius 2 is 1.56 bits per heavy atom. The molecule has 2 aromatic heterocycles. The largest absolute Gasteiger partial charge is 0.340 e. The molecule has 1 aliphatic rings. The van der Waals surface area contributed by atoms with Crippen molar-refractivity contribution in [1.82, 2.24) is 24.3 Å². The van der Waals surface area contributed by atoms with E-state index in [1.54, 1.807) is 0 Å². The van der Waals surface area contributed by atoms with E-state index in [4.69, 9.17) is 4.98 Å². The third kappa shape index (κ3) is 4.41.